The van der Waals surface area contributed by atoms with Gasteiger partial charge in [-0.2, -0.15) is 0 Å². The Bertz CT molecular complexity index is 561. The molecule has 23 heavy (non-hydrogen) atoms. The first-order chi connectivity index (χ1) is 11.3. The Morgan fingerprint density at radius 2 is 1.43 bits per heavy atom. The Kier molecular flexibility index (Phi) is 5.84. The second kappa shape index (κ2) is 8.28. The van der Waals surface area contributed by atoms with E-state index in [0.717, 1.165) is 32.5 Å². The van der Waals surface area contributed by atoms with E-state index in [4.69, 9.17) is 0 Å². The number of piperidine rings is 1. The van der Waals surface area contributed by atoms with Gasteiger partial charge in [-0.05, 0) is 55.8 Å². The smallest absolute Gasteiger partial charge is 0.0583 e. The molecule has 1 unspecified atom stereocenters. The molecule has 2 heteroatoms. The van der Waals surface area contributed by atoms with Crippen molar-refractivity contribution in [3.8, 4) is 0 Å². The number of rotatable bonds is 6. The number of hydrogen-bond donors (Lipinski definition) is 1. The van der Waals surface area contributed by atoms with Gasteiger partial charge in [0, 0.05) is 6.54 Å². The number of hydrogen-bond acceptors (Lipinski definition) is 2. The van der Waals surface area contributed by atoms with Gasteiger partial charge in [-0.1, -0.05) is 60.7 Å². The molecule has 0 spiro atoms. The fourth-order valence-corrected chi connectivity index (χ4v) is 3.58. The van der Waals surface area contributed by atoms with Crippen molar-refractivity contribution >= 4 is 0 Å². The molecule has 0 radical (unpaired) electrons. The van der Waals surface area contributed by atoms with Crippen LogP contribution in [0.5, 0.6) is 0 Å². The first-order valence-corrected chi connectivity index (χ1v) is 8.78. The Labute approximate surface area is 139 Å². The van der Waals surface area contributed by atoms with Gasteiger partial charge >= 0.3 is 0 Å². The maximum atomic E-state index is 10.3. The van der Waals surface area contributed by atoms with E-state index in [-0.39, 0.29) is 6.10 Å². The fraction of sp³-hybridized carbons (Fsp3) is 0.429. The van der Waals surface area contributed by atoms with Crippen molar-refractivity contribution in [1.29, 1.82) is 0 Å². The first-order valence-electron chi connectivity index (χ1n) is 8.78. The molecule has 0 bridgehead atoms. The predicted octanol–water partition coefficient (Wildman–Crippen LogP) is 3.89. The van der Waals surface area contributed by atoms with Gasteiger partial charge in [-0.3, -0.25) is 4.90 Å². The summed E-state index contributed by atoms with van der Waals surface area (Å²) in [5.74, 6) is 0.667. The zero-order chi connectivity index (χ0) is 15.9. The first kappa shape index (κ1) is 16.2. The maximum absolute atomic E-state index is 10.3. The van der Waals surface area contributed by atoms with Crippen LogP contribution in [0.25, 0.3) is 0 Å². The molecular weight excluding hydrogens is 282 g/mol. The number of aliphatic hydroxyl groups excluding tert-OH is 1. The molecule has 2 nitrogen and oxygen atoms in total. The van der Waals surface area contributed by atoms with Crippen LogP contribution in [0, 0.1) is 5.92 Å². The molecule has 1 aliphatic rings. The van der Waals surface area contributed by atoms with Crippen LogP contribution < -0.4 is 0 Å². The fourth-order valence-electron chi connectivity index (χ4n) is 3.58. The summed E-state index contributed by atoms with van der Waals surface area (Å²) in [6.45, 7) is 3.36. The normalized spacial score (nSPS) is 18.0. The third kappa shape index (κ3) is 5.19. The van der Waals surface area contributed by atoms with Crippen molar-refractivity contribution in [3.63, 3.8) is 0 Å². The van der Waals surface area contributed by atoms with E-state index in [1.807, 2.05) is 18.2 Å². The Balaban J connectivity index is 1.40. The molecule has 1 atom stereocenters. The molecule has 0 saturated carbocycles. The minimum atomic E-state index is -0.205. The lowest BCUT2D eigenvalue weighted by atomic mass is 9.89. The molecule has 1 N–H and O–H groups in total. The quantitative estimate of drug-likeness (QED) is 0.875. The topological polar surface area (TPSA) is 23.5 Å². The highest BCUT2D eigenvalue weighted by molar-refractivity contribution is 5.16. The zero-order valence-electron chi connectivity index (χ0n) is 13.8. The third-order valence-corrected chi connectivity index (χ3v) is 4.88. The molecular formula is C21H27NO. The highest BCUT2D eigenvalue weighted by atomic mass is 16.3. The largest absolute Gasteiger partial charge is 0.393 e. The van der Waals surface area contributed by atoms with E-state index in [1.54, 1.807) is 0 Å². The lowest BCUT2D eigenvalue weighted by Gasteiger charge is -2.33. The molecule has 2 aromatic carbocycles. The number of nitrogens with zero attached hydrogens (tertiary/aromatic N) is 1. The van der Waals surface area contributed by atoms with E-state index < -0.39 is 0 Å². The summed E-state index contributed by atoms with van der Waals surface area (Å²) in [5.41, 5.74) is 2.64. The average Bonchev–Trinajstić information content (AvgIpc) is 2.58. The van der Waals surface area contributed by atoms with Gasteiger partial charge < -0.3 is 5.11 Å². The monoisotopic (exact) mass is 309 g/mol. The number of benzene rings is 2. The van der Waals surface area contributed by atoms with Crippen LogP contribution in [0.2, 0.25) is 0 Å². The van der Waals surface area contributed by atoms with Gasteiger partial charge in [0.25, 0.3) is 0 Å². The molecule has 0 aromatic heterocycles. The SMILES string of the molecule is OC(Cc1ccccc1)CC1CCN(Cc2ccccc2)CC1. The van der Waals surface area contributed by atoms with Crippen LogP contribution in [0.4, 0.5) is 0 Å². The minimum Gasteiger partial charge on any atom is -0.393 e. The average molecular weight is 309 g/mol. The Morgan fingerprint density at radius 3 is 2.04 bits per heavy atom. The second-order valence-electron chi connectivity index (χ2n) is 6.78. The summed E-state index contributed by atoms with van der Waals surface area (Å²) in [6, 6.07) is 21.0. The zero-order valence-corrected chi connectivity index (χ0v) is 13.8. The number of likely N-dealkylation sites (tertiary alicyclic amines) is 1. The second-order valence-corrected chi connectivity index (χ2v) is 6.78. The van der Waals surface area contributed by atoms with Crippen molar-refractivity contribution in [2.45, 2.75) is 38.3 Å². The van der Waals surface area contributed by atoms with E-state index in [0.29, 0.717) is 5.92 Å². The van der Waals surface area contributed by atoms with Crippen LogP contribution in [0.1, 0.15) is 30.4 Å². The predicted molar refractivity (Wildman–Crippen MR) is 95.2 cm³/mol. The van der Waals surface area contributed by atoms with Gasteiger partial charge in [-0.15, -0.1) is 0 Å². The Hall–Kier alpha value is -1.64. The van der Waals surface area contributed by atoms with Crippen LogP contribution in [-0.2, 0) is 13.0 Å². The van der Waals surface area contributed by atoms with Crippen LogP contribution in [0.15, 0.2) is 60.7 Å². The minimum absolute atomic E-state index is 0.205. The molecule has 1 saturated heterocycles. The third-order valence-electron chi connectivity index (χ3n) is 4.88. The summed E-state index contributed by atoms with van der Waals surface area (Å²) in [6.07, 6.45) is 3.93. The number of aliphatic hydroxyl groups is 1. The standard InChI is InChI=1S/C21H27NO/c23-21(15-18-7-3-1-4-8-18)16-19-11-13-22(14-12-19)17-20-9-5-2-6-10-20/h1-10,19,21,23H,11-17H2. The van der Waals surface area contributed by atoms with Gasteiger partial charge in [0.2, 0.25) is 0 Å². The van der Waals surface area contributed by atoms with Crippen LogP contribution in [-0.4, -0.2) is 29.2 Å². The van der Waals surface area contributed by atoms with Gasteiger partial charge in [-0.25, -0.2) is 0 Å². The lowest BCUT2D eigenvalue weighted by Crippen LogP contribution is -2.34. The molecule has 3 rings (SSSR count). The van der Waals surface area contributed by atoms with Crippen LogP contribution in [0.3, 0.4) is 0 Å². The van der Waals surface area contributed by atoms with E-state index in [2.05, 4.69) is 47.4 Å². The Morgan fingerprint density at radius 1 is 0.870 bits per heavy atom. The molecule has 1 heterocycles. The van der Waals surface area contributed by atoms with E-state index in [1.165, 1.54) is 24.0 Å². The van der Waals surface area contributed by atoms with E-state index >= 15 is 0 Å². The summed E-state index contributed by atoms with van der Waals surface area (Å²) in [5, 5.41) is 10.3. The summed E-state index contributed by atoms with van der Waals surface area (Å²) < 4.78 is 0. The molecule has 1 aliphatic heterocycles. The van der Waals surface area contributed by atoms with Crippen molar-refractivity contribution in [2.75, 3.05) is 13.1 Å². The molecule has 0 aliphatic carbocycles. The highest BCUT2D eigenvalue weighted by Gasteiger charge is 2.21. The molecule has 2 aromatic rings. The lowest BCUT2D eigenvalue weighted by molar-refractivity contribution is 0.105. The highest BCUT2D eigenvalue weighted by Crippen LogP contribution is 2.24. The van der Waals surface area contributed by atoms with Crippen molar-refractivity contribution in [2.24, 2.45) is 5.92 Å². The van der Waals surface area contributed by atoms with Crippen molar-refractivity contribution in [1.82, 2.24) is 4.90 Å². The van der Waals surface area contributed by atoms with Gasteiger partial charge in [0.15, 0.2) is 0 Å². The molecule has 1 fully saturated rings. The molecule has 122 valence electrons. The van der Waals surface area contributed by atoms with Gasteiger partial charge in [0.1, 0.15) is 0 Å². The van der Waals surface area contributed by atoms with Gasteiger partial charge in [0.05, 0.1) is 6.10 Å². The summed E-state index contributed by atoms with van der Waals surface area (Å²) >= 11 is 0. The molecule has 0 amide bonds. The summed E-state index contributed by atoms with van der Waals surface area (Å²) in [4.78, 5) is 2.54. The van der Waals surface area contributed by atoms with Crippen molar-refractivity contribution < 1.29 is 5.11 Å². The van der Waals surface area contributed by atoms with E-state index in [9.17, 15) is 5.11 Å². The summed E-state index contributed by atoms with van der Waals surface area (Å²) in [7, 11) is 0. The van der Waals surface area contributed by atoms with Crippen LogP contribution >= 0.6 is 0 Å². The van der Waals surface area contributed by atoms with Crippen molar-refractivity contribution in [3.05, 3.63) is 71.8 Å². The maximum Gasteiger partial charge on any atom is 0.0583 e.